The maximum Gasteiger partial charge on any atom is 0.309 e. The van der Waals surface area contributed by atoms with Gasteiger partial charge in [-0.3, -0.25) is 9.89 Å². The van der Waals surface area contributed by atoms with Gasteiger partial charge in [0.05, 0.1) is 11.1 Å². The number of carbonyl (C=O) groups is 1. The molecule has 1 rings (SSSR count). The highest BCUT2D eigenvalue weighted by molar-refractivity contribution is 7.80. The highest BCUT2D eigenvalue weighted by Gasteiger charge is 2.29. The molecule has 0 saturated heterocycles. The summed E-state index contributed by atoms with van der Waals surface area (Å²) in [5.74, 6) is -0.858. The van der Waals surface area contributed by atoms with Crippen molar-refractivity contribution in [2.24, 2.45) is 5.41 Å². The molecule has 13 heavy (non-hydrogen) atoms. The van der Waals surface area contributed by atoms with Gasteiger partial charge in [0, 0.05) is 6.42 Å². The van der Waals surface area contributed by atoms with E-state index in [2.05, 4.69) is 28.0 Å². The van der Waals surface area contributed by atoms with E-state index in [1.165, 1.54) is 0 Å². The van der Waals surface area contributed by atoms with Gasteiger partial charge in [0.2, 0.25) is 0 Å². The van der Waals surface area contributed by atoms with E-state index in [-0.39, 0.29) is 0 Å². The second-order valence-electron chi connectivity index (χ2n) is 3.47. The number of rotatable bonds is 3. The predicted molar refractivity (Wildman–Crippen MR) is 48.8 cm³/mol. The van der Waals surface area contributed by atoms with Crippen LogP contribution in [0.2, 0.25) is 0 Å². The molecule has 0 saturated carbocycles. The number of nitrogens with one attached hydrogen (secondary N) is 1. The number of carboxylic acids is 1. The lowest BCUT2D eigenvalue weighted by atomic mass is 9.88. The summed E-state index contributed by atoms with van der Waals surface area (Å²) >= 11 is 4.06. The molecular weight excluding hydrogens is 190 g/mol. The van der Waals surface area contributed by atoms with E-state index in [1.807, 2.05) is 0 Å². The Bertz CT molecular complexity index is 321. The first-order valence-electron chi connectivity index (χ1n) is 3.76. The molecule has 0 radical (unpaired) electrons. The van der Waals surface area contributed by atoms with E-state index in [4.69, 9.17) is 5.11 Å². The number of thiol groups is 1. The van der Waals surface area contributed by atoms with Crippen molar-refractivity contribution in [1.29, 1.82) is 0 Å². The first-order valence-corrected chi connectivity index (χ1v) is 4.20. The van der Waals surface area contributed by atoms with Gasteiger partial charge in [-0.25, -0.2) is 0 Å². The van der Waals surface area contributed by atoms with E-state index in [1.54, 1.807) is 13.8 Å². The maximum absolute atomic E-state index is 10.8. The summed E-state index contributed by atoms with van der Waals surface area (Å²) in [5, 5.41) is 19.2. The summed E-state index contributed by atoms with van der Waals surface area (Å²) in [5.41, 5.74) is -0.260. The lowest BCUT2D eigenvalue weighted by molar-refractivity contribution is -0.146. The highest BCUT2D eigenvalue weighted by Crippen LogP contribution is 2.22. The lowest BCUT2D eigenvalue weighted by Gasteiger charge is -2.16. The van der Waals surface area contributed by atoms with Gasteiger partial charge in [-0.05, 0) is 13.8 Å². The fourth-order valence-electron chi connectivity index (χ4n) is 0.858. The minimum absolute atomic E-state index is 0.317. The number of aromatic nitrogens is 3. The molecule has 0 atom stereocenters. The Labute approximate surface area is 81.0 Å². The summed E-state index contributed by atoms with van der Waals surface area (Å²) in [6, 6.07) is 0. The van der Waals surface area contributed by atoms with Crippen LogP contribution in [0.4, 0.5) is 0 Å². The van der Waals surface area contributed by atoms with Gasteiger partial charge in [0.15, 0.2) is 0 Å². The highest BCUT2D eigenvalue weighted by atomic mass is 32.1. The number of nitrogens with zero attached hydrogens (tertiary/aromatic N) is 2. The minimum atomic E-state index is -0.858. The average molecular weight is 201 g/mol. The number of H-pyrrole nitrogens is 1. The second-order valence-corrected chi connectivity index (χ2v) is 3.92. The smallest absolute Gasteiger partial charge is 0.309 e. The molecule has 2 N–H and O–H groups in total. The van der Waals surface area contributed by atoms with Crippen molar-refractivity contribution in [1.82, 2.24) is 15.4 Å². The van der Waals surface area contributed by atoms with Crippen molar-refractivity contribution in [2.75, 3.05) is 0 Å². The zero-order valence-electron chi connectivity index (χ0n) is 7.40. The first-order chi connectivity index (χ1) is 5.93. The van der Waals surface area contributed by atoms with Crippen molar-refractivity contribution in [3.05, 3.63) is 5.69 Å². The Balaban J connectivity index is 2.80. The average Bonchev–Trinajstić information content (AvgIpc) is 2.35. The Kier molecular flexibility index (Phi) is 2.60. The van der Waals surface area contributed by atoms with Gasteiger partial charge in [0.1, 0.15) is 5.03 Å². The standard InChI is InChI=1S/C7H11N3O2S/c1-7(2,6(11)12)3-4-5(13)9-10-8-4/h3H2,1-2H3,(H,11,12)(H2,8,9,10,13). The fourth-order valence-corrected chi connectivity index (χ4v) is 1.03. The van der Waals surface area contributed by atoms with Crippen LogP contribution in [0.25, 0.3) is 0 Å². The number of aliphatic carboxylic acids is 1. The van der Waals surface area contributed by atoms with Crippen LogP contribution >= 0.6 is 12.6 Å². The Hall–Kier alpha value is -1.04. The van der Waals surface area contributed by atoms with Crippen LogP contribution in [0, 0.1) is 5.41 Å². The molecule has 5 nitrogen and oxygen atoms in total. The molecule has 6 heteroatoms. The molecule has 0 aliphatic carbocycles. The molecule has 0 aliphatic heterocycles. The SMILES string of the molecule is CC(C)(Cc1nn[nH]c1S)C(=O)O. The third kappa shape index (κ3) is 2.21. The molecule has 1 aromatic rings. The number of carboxylic acid groups (broad SMARTS) is 1. The largest absolute Gasteiger partial charge is 0.481 e. The van der Waals surface area contributed by atoms with E-state index in [9.17, 15) is 4.79 Å². The van der Waals surface area contributed by atoms with Gasteiger partial charge in [-0.1, -0.05) is 5.21 Å². The fraction of sp³-hybridized carbons (Fsp3) is 0.571. The molecule has 0 amide bonds. The van der Waals surface area contributed by atoms with Crippen LogP contribution in [-0.2, 0) is 11.2 Å². The Morgan fingerprint density at radius 3 is 2.69 bits per heavy atom. The van der Waals surface area contributed by atoms with Crippen LogP contribution in [0.15, 0.2) is 5.03 Å². The first kappa shape index (κ1) is 10.0. The number of aromatic amines is 1. The van der Waals surface area contributed by atoms with Gasteiger partial charge in [-0.2, -0.15) is 0 Å². The van der Waals surface area contributed by atoms with Crippen molar-refractivity contribution >= 4 is 18.6 Å². The van der Waals surface area contributed by atoms with Crippen LogP contribution in [0.3, 0.4) is 0 Å². The van der Waals surface area contributed by atoms with Crippen LogP contribution < -0.4 is 0 Å². The van der Waals surface area contributed by atoms with Crippen LogP contribution in [0.1, 0.15) is 19.5 Å². The topological polar surface area (TPSA) is 78.9 Å². The minimum Gasteiger partial charge on any atom is -0.481 e. The molecule has 0 spiro atoms. The number of hydrogen-bond acceptors (Lipinski definition) is 4. The third-order valence-electron chi connectivity index (χ3n) is 1.79. The van der Waals surface area contributed by atoms with Crippen molar-refractivity contribution in [3.8, 4) is 0 Å². The normalized spacial score (nSPS) is 11.6. The van der Waals surface area contributed by atoms with E-state index in [0.29, 0.717) is 17.1 Å². The quantitative estimate of drug-likeness (QED) is 0.630. The van der Waals surface area contributed by atoms with E-state index < -0.39 is 11.4 Å². The molecule has 0 bridgehead atoms. The maximum atomic E-state index is 10.8. The predicted octanol–water partition coefficient (Wildman–Crippen LogP) is 0.747. The zero-order valence-corrected chi connectivity index (χ0v) is 8.30. The summed E-state index contributed by atoms with van der Waals surface area (Å²) < 4.78 is 0. The molecular formula is C7H11N3O2S. The molecule has 1 aromatic heterocycles. The molecule has 0 aliphatic rings. The van der Waals surface area contributed by atoms with Crippen molar-refractivity contribution in [2.45, 2.75) is 25.3 Å². The van der Waals surface area contributed by atoms with Gasteiger partial charge < -0.3 is 5.11 Å². The van der Waals surface area contributed by atoms with Gasteiger partial charge >= 0.3 is 5.97 Å². The summed E-state index contributed by atoms with van der Waals surface area (Å²) in [6.07, 6.45) is 0.317. The molecule has 72 valence electrons. The van der Waals surface area contributed by atoms with Gasteiger partial charge in [0.25, 0.3) is 0 Å². The Morgan fingerprint density at radius 1 is 1.69 bits per heavy atom. The lowest BCUT2D eigenvalue weighted by Crippen LogP contribution is -2.26. The van der Waals surface area contributed by atoms with E-state index in [0.717, 1.165) is 0 Å². The number of hydrogen-bond donors (Lipinski definition) is 3. The summed E-state index contributed by atoms with van der Waals surface area (Å²) in [6.45, 7) is 3.27. The summed E-state index contributed by atoms with van der Waals surface area (Å²) in [7, 11) is 0. The molecule has 1 heterocycles. The molecule has 0 unspecified atom stereocenters. The van der Waals surface area contributed by atoms with Crippen LogP contribution in [0.5, 0.6) is 0 Å². The van der Waals surface area contributed by atoms with Crippen LogP contribution in [-0.4, -0.2) is 26.5 Å². The van der Waals surface area contributed by atoms with Crippen molar-refractivity contribution < 1.29 is 9.90 Å². The summed E-state index contributed by atoms with van der Waals surface area (Å²) in [4.78, 5) is 10.8. The third-order valence-corrected chi connectivity index (χ3v) is 2.15. The molecule has 0 aromatic carbocycles. The van der Waals surface area contributed by atoms with E-state index >= 15 is 0 Å². The second kappa shape index (κ2) is 3.37. The molecule has 0 fully saturated rings. The Morgan fingerprint density at radius 2 is 2.31 bits per heavy atom. The van der Waals surface area contributed by atoms with Gasteiger partial charge in [-0.15, -0.1) is 17.7 Å². The van der Waals surface area contributed by atoms with Crippen molar-refractivity contribution in [3.63, 3.8) is 0 Å². The monoisotopic (exact) mass is 201 g/mol. The zero-order chi connectivity index (χ0) is 10.1.